The van der Waals surface area contributed by atoms with E-state index in [1.165, 1.54) is 0 Å². The van der Waals surface area contributed by atoms with Gasteiger partial charge in [-0.25, -0.2) is 0 Å². The Morgan fingerprint density at radius 3 is 2.72 bits per heavy atom. The first-order valence-corrected chi connectivity index (χ1v) is 7.32. The second-order valence-electron chi connectivity index (χ2n) is 4.38. The van der Waals surface area contributed by atoms with E-state index in [1.54, 1.807) is 0 Å². The van der Waals surface area contributed by atoms with Crippen molar-refractivity contribution in [3.8, 4) is 5.75 Å². The lowest BCUT2D eigenvalue weighted by Gasteiger charge is -2.30. The van der Waals surface area contributed by atoms with Crippen LogP contribution in [0.2, 0.25) is 0 Å². The Morgan fingerprint density at radius 1 is 1.44 bits per heavy atom. The van der Waals surface area contributed by atoms with Gasteiger partial charge in [-0.3, -0.25) is 0 Å². The maximum atomic E-state index is 5.81. The zero-order chi connectivity index (χ0) is 13.1. The van der Waals surface area contributed by atoms with Crippen LogP contribution >= 0.6 is 31.9 Å². The SMILES string of the molecule is CN1CCOC(COc2c(Br)cc(N)cc2Br)C1. The van der Waals surface area contributed by atoms with Crippen LogP contribution in [0.1, 0.15) is 0 Å². The van der Waals surface area contributed by atoms with E-state index in [9.17, 15) is 0 Å². The zero-order valence-corrected chi connectivity index (χ0v) is 13.3. The molecule has 1 saturated heterocycles. The van der Waals surface area contributed by atoms with Gasteiger partial charge in [-0.1, -0.05) is 0 Å². The van der Waals surface area contributed by atoms with Crippen LogP contribution in [-0.4, -0.2) is 44.4 Å². The first-order valence-electron chi connectivity index (χ1n) is 5.73. The number of rotatable bonds is 3. The molecule has 18 heavy (non-hydrogen) atoms. The second kappa shape index (κ2) is 6.23. The number of nitrogens with zero attached hydrogens (tertiary/aromatic N) is 1. The molecule has 0 aliphatic carbocycles. The Morgan fingerprint density at radius 2 is 2.11 bits per heavy atom. The molecule has 0 spiro atoms. The molecule has 100 valence electrons. The van der Waals surface area contributed by atoms with Crippen molar-refractivity contribution in [2.24, 2.45) is 0 Å². The van der Waals surface area contributed by atoms with Gasteiger partial charge < -0.3 is 20.1 Å². The lowest BCUT2D eigenvalue weighted by molar-refractivity contribution is -0.0405. The van der Waals surface area contributed by atoms with E-state index in [4.69, 9.17) is 15.2 Å². The maximum Gasteiger partial charge on any atom is 0.147 e. The highest BCUT2D eigenvalue weighted by atomic mass is 79.9. The molecule has 1 aliphatic heterocycles. The lowest BCUT2D eigenvalue weighted by atomic mass is 10.3. The smallest absolute Gasteiger partial charge is 0.147 e. The normalized spacial score (nSPS) is 20.9. The summed E-state index contributed by atoms with van der Waals surface area (Å²) in [6.07, 6.45) is 0.111. The third-order valence-corrected chi connectivity index (χ3v) is 3.95. The molecule has 1 heterocycles. The average molecular weight is 380 g/mol. The van der Waals surface area contributed by atoms with E-state index >= 15 is 0 Å². The summed E-state index contributed by atoms with van der Waals surface area (Å²) in [6.45, 7) is 3.16. The highest BCUT2D eigenvalue weighted by Gasteiger charge is 2.19. The largest absolute Gasteiger partial charge is 0.488 e. The van der Waals surface area contributed by atoms with Crippen LogP contribution in [0.5, 0.6) is 5.75 Å². The van der Waals surface area contributed by atoms with Crippen molar-refractivity contribution in [3.05, 3.63) is 21.1 Å². The maximum absolute atomic E-state index is 5.81. The molecule has 1 aliphatic rings. The fraction of sp³-hybridized carbons (Fsp3) is 0.500. The van der Waals surface area contributed by atoms with Gasteiger partial charge in [0, 0.05) is 18.8 Å². The minimum absolute atomic E-state index is 0.111. The van der Waals surface area contributed by atoms with E-state index in [-0.39, 0.29) is 6.10 Å². The first-order chi connectivity index (χ1) is 8.56. The fourth-order valence-corrected chi connectivity index (χ4v) is 3.31. The molecule has 2 N–H and O–H groups in total. The van der Waals surface area contributed by atoms with Gasteiger partial charge in [-0.05, 0) is 51.0 Å². The predicted octanol–water partition coefficient (Wildman–Crippen LogP) is 2.50. The van der Waals surface area contributed by atoms with Crippen molar-refractivity contribution in [3.63, 3.8) is 0 Å². The Hall–Kier alpha value is -0.300. The van der Waals surface area contributed by atoms with Gasteiger partial charge in [0.15, 0.2) is 0 Å². The van der Waals surface area contributed by atoms with E-state index in [1.807, 2.05) is 12.1 Å². The van der Waals surface area contributed by atoms with Crippen molar-refractivity contribution < 1.29 is 9.47 Å². The molecule has 2 rings (SSSR count). The van der Waals surface area contributed by atoms with Gasteiger partial charge in [0.1, 0.15) is 18.5 Å². The van der Waals surface area contributed by atoms with Crippen LogP contribution in [0, 0.1) is 0 Å². The predicted molar refractivity (Wildman–Crippen MR) is 79.0 cm³/mol. The summed E-state index contributed by atoms with van der Waals surface area (Å²) in [6, 6.07) is 3.65. The third-order valence-electron chi connectivity index (χ3n) is 2.78. The molecule has 1 fully saturated rings. The summed E-state index contributed by atoms with van der Waals surface area (Å²) < 4.78 is 13.2. The Kier molecular flexibility index (Phi) is 4.89. The minimum atomic E-state index is 0.111. The van der Waals surface area contributed by atoms with Crippen LogP contribution in [0.3, 0.4) is 0 Å². The van der Waals surface area contributed by atoms with Crippen molar-refractivity contribution in [1.29, 1.82) is 0 Å². The molecular weight excluding hydrogens is 364 g/mol. The van der Waals surface area contributed by atoms with Gasteiger partial charge in [0.25, 0.3) is 0 Å². The quantitative estimate of drug-likeness (QED) is 0.819. The number of nitrogens with two attached hydrogens (primary N) is 1. The van der Waals surface area contributed by atoms with Crippen LogP contribution in [0.4, 0.5) is 5.69 Å². The average Bonchev–Trinajstić information content (AvgIpc) is 2.27. The summed E-state index contributed by atoms with van der Waals surface area (Å²) in [5.41, 5.74) is 6.43. The molecule has 1 atom stereocenters. The molecule has 0 saturated carbocycles. The molecule has 1 aromatic rings. The van der Waals surface area contributed by atoms with Crippen LogP contribution in [-0.2, 0) is 4.74 Å². The number of morpholine rings is 1. The van der Waals surface area contributed by atoms with Crippen molar-refractivity contribution in [2.75, 3.05) is 39.1 Å². The first kappa shape index (κ1) is 14.1. The second-order valence-corrected chi connectivity index (χ2v) is 6.09. The summed E-state index contributed by atoms with van der Waals surface area (Å²) >= 11 is 6.90. The van der Waals surface area contributed by atoms with Crippen molar-refractivity contribution in [2.45, 2.75) is 6.10 Å². The number of anilines is 1. The number of benzene rings is 1. The van der Waals surface area contributed by atoms with E-state index in [0.29, 0.717) is 12.3 Å². The van der Waals surface area contributed by atoms with Gasteiger partial charge in [-0.15, -0.1) is 0 Å². The highest BCUT2D eigenvalue weighted by molar-refractivity contribution is 9.11. The molecule has 6 heteroatoms. The van der Waals surface area contributed by atoms with Gasteiger partial charge in [-0.2, -0.15) is 0 Å². The molecule has 4 nitrogen and oxygen atoms in total. The molecule has 0 radical (unpaired) electrons. The van der Waals surface area contributed by atoms with Crippen LogP contribution in [0.25, 0.3) is 0 Å². The lowest BCUT2D eigenvalue weighted by Crippen LogP contribution is -2.42. The van der Waals surface area contributed by atoms with Crippen LogP contribution in [0.15, 0.2) is 21.1 Å². The van der Waals surface area contributed by atoms with E-state index < -0.39 is 0 Å². The number of ether oxygens (including phenoxy) is 2. The summed E-state index contributed by atoms with van der Waals surface area (Å²) in [5.74, 6) is 0.765. The molecule has 1 unspecified atom stereocenters. The van der Waals surface area contributed by atoms with Gasteiger partial charge in [0.05, 0.1) is 15.6 Å². The van der Waals surface area contributed by atoms with Crippen molar-refractivity contribution in [1.82, 2.24) is 4.90 Å². The monoisotopic (exact) mass is 378 g/mol. The summed E-state index contributed by atoms with van der Waals surface area (Å²) in [7, 11) is 2.09. The fourth-order valence-electron chi connectivity index (χ4n) is 1.86. The standard InChI is InChI=1S/C12H16Br2N2O2/c1-16-2-3-17-9(6-16)7-18-12-10(13)4-8(15)5-11(12)14/h4-5,9H,2-3,6-7,15H2,1H3. The topological polar surface area (TPSA) is 47.7 Å². The van der Waals surface area contributed by atoms with E-state index in [2.05, 4.69) is 43.8 Å². The number of hydrogen-bond donors (Lipinski definition) is 1. The molecule has 0 aromatic heterocycles. The summed E-state index contributed by atoms with van der Waals surface area (Å²) in [4.78, 5) is 2.24. The van der Waals surface area contributed by atoms with Gasteiger partial charge in [0.2, 0.25) is 0 Å². The van der Waals surface area contributed by atoms with Gasteiger partial charge >= 0.3 is 0 Å². The zero-order valence-electron chi connectivity index (χ0n) is 10.2. The number of likely N-dealkylation sites (N-methyl/N-ethyl adjacent to an activating group) is 1. The third kappa shape index (κ3) is 3.60. The number of nitrogen functional groups attached to an aromatic ring is 1. The molecule has 0 amide bonds. The Labute approximate surface area is 124 Å². The van der Waals surface area contributed by atoms with E-state index in [0.717, 1.165) is 34.4 Å². The molecule has 0 bridgehead atoms. The Bertz CT molecular complexity index is 406. The van der Waals surface area contributed by atoms with Crippen molar-refractivity contribution >= 4 is 37.5 Å². The Balaban J connectivity index is 1.97. The highest BCUT2D eigenvalue weighted by Crippen LogP contribution is 2.35. The summed E-state index contributed by atoms with van der Waals surface area (Å²) in [5, 5.41) is 0. The van der Waals surface area contributed by atoms with Crippen LogP contribution < -0.4 is 10.5 Å². The molecule has 1 aromatic carbocycles. The number of hydrogen-bond acceptors (Lipinski definition) is 4. The minimum Gasteiger partial charge on any atom is -0.488 e. The number of halogens is 2. The molecular formula is C12H16Br2N2O2.